The number of hydrogen-bond acceptors (Lipinski definition) is 6. The fourth-order valence-corrected chi connectivity index (χ4v) is 8.29. The van der Waals surface area contributed by atoms with E-state index in [9.17, 15) is 30.3 Å². The lowest BCUT2D eigenvalue weighted by molar-refractivity contribution is -0.154. The van der Waals surface area contributed by atoms with Gasteiger partial charge in [-0.15, -0.1) is 0 Å². The van der Waals surface area contributed by atoms with Gasteiger partial charge in [0, 0.05) is 11.3 Å². The molecular weight excluding hydrogens is 420 g/mol. The zero-order valence-electron chi connectivity index (χ0n) is 20.9. The Morgan fingerprint density at radius 2 is 1.79 bits per heavy atom. The molecule has 2 unspecified atom stereocenters. The van der Waals surface area contributed by atoms with Gasteiger partial charge in [0.1, 0.15) is 0 Å². The van der Waals surface area contributed by atoms with Crippen molar-refractivity contribution in [1.29, 1.82) is 0 Å². The lowest BCUT2D eigenvalue weighted by Gasteiger charge is -2.60. The van der Waals surface area contributed by atoms with Crippen LogP contribution in [-0.2, 0) is 4.79 Å². The summed E-state index contributed by atoms with van der Waals surface area (Å²) in [4.78, 5) is 13.2. The molecule has 10 atom stereocenters. The monoisotopic (exact) mass is 464 g/mol. The van der Waals surface area contributed by atoms with Gasteiger partial charge < -0.3 is 25.5 Å². The largest absolute Gasteiger partial charge is 0.393 e. The van der Waals surface area contributed by atoms with Gasteiger partial charge in [0.15, 0.2) is 5.78 Å². The summed E-state index contributed by atoms with van der Waals surface area (Å²) in [7, 11) is 0. The van der Waals surface area contributed by atoms with E-state index in [1.54, 1.807) is 19.9 Å². The minimum absolute atomic E-state index is 0.00888. The summed E-state index contributed by atoms with van der Waals surface area (Å²) in [5, 5.41) is 53.9. The minimum Gasteiger partial charge on any atom is -0.393 e. The van der Waals surface area contributed by atoms with Crippen LogP contribution in [0.4, 0.5) is 0 Å². The second-order valence-corrected chi connectivity index (χ2v) is 12.9. The molecule has 5 N–H and O–H groups in total. The van der Waals surface area contributed by atoms with E-state index in [2.05, 4.69) is 20.8 Å². The van der Waals surface area contributed by atoms with Crippen LogP contribution in [0.2, 0.25) is 0 Å². The van der Waals surface area contributed by atoms with Crippen LogP contribution in [0.25, 0.3) is 0 Å². The molecule has 4 aliphatic carbocycles. The van der Waals surface area contributed by atoms with E-state index >= 15 is 0 Å². The number of hydrogen-bond donors (Lipinski definition) is 5. The molecular formula is C27H44O6. The Morgan fingerprint density at radius 3 is 2.42 bits per heavy atom. The van der Waals surface area contributed by atoms with E-state index in [4.69, 9.17) is 0 Å². The Balaban J connectivity index is 1.62. The highest BCUT2D eigenvalue weighted by Gasteiger charge is 2.67. The molecule has 0 aliphatic heterocycles. The second kappa shape index (κ2) is 8.12. The Labute approximate surface area is 198 Å². The molecule has 0 heterocycles. The summed E-state index contributed by atoms with van der Waals surface area (Å²) >= 11 is 0. The van der Waals surface area contributed by atoms with Crippen LogP contribution in [0.5, 0.6) is 0 Å². The summed E-state index contributed by atoms with van der Waals surface area (Å²) < 4.78 is 0. The maximum Gasteiger partial charge on any atom is 0.159 e. The highest BCUT2D eigenvalue weighted by atomic mass is 16.3. The lowest BCUT2D eigenvalue weighted by atomic mass is 9.46. The third kappa shape index (κ3) is 3.85. The molecule has 4 aliphatic rings. The third-order valence-electron chi connectivity index (χ3n) is 10.5. The summed E-state index contributed by atoms with van der Waals surface area (Å²) in [5.74, 6) is -0.264. The molecule has 0 aromatic rings. The van der Waals surface area contributed by atoms with Crippen LogP contribution in [0, 0.1) is 34.5 Å². The Bertz CT molecular complexity index is 816. The molecule has 188 valence electrons. The van der Waals surface area contributed by atoms with Crippen molar-refractivity contribution >= 4 is 5.78 Å². The third-order valence-corrected chi connectivity index (χ3v) is 10.5. The molecule has 0 aromatic heterocycles. The molecule has 0 aromatic carbocycles. The Kier molecular flexibility index (Phi) is 6.23. The lowest BCUT2D eigenvalue weighted by Crippen LogP contribution is -2.61. The minimum atomic E-state index is -1.10. The summed E-state index contributed by atoms with van der Waals surface area (Å²) in [6.07, 6.45) is 4.06. The number of allylic oxidation sites excluding steroid dienone is 1. The van der Waals surface area contributed by atoms with Crippen LogP contribution in [0.3, 0.4) is 0 Å². The van der Waals surface area contributed by atoms with Crippen molar-refractivity contribution in [2.24, 2.45) is 34.5 Å². The Hall–Kier alpha value is -0.790. The number of aliphatic hydroxyl groups is 5. The van der Waals surface area contributed by atoms with E-state index in [1.807, 2.05) is 0 Å². The first-order chi connectivity index (χ1) is 15.1. The van der Waals surface area contributed by atoms with Crippen LogP contribution < -0.4 is 0 Å². The smallest absolute Gasteiger partial charge is 0.159 e. The topological polar surface area (TPSA) is 118 Å². The van der Waals surface area contributed by atoms with Gasteiger partial charge in [-0.2, -0.15) is 0 Å². The number of carbonyl (C=O) groups is 1. The molecule has 33 heavy (non-hydrogen) atoms. The van der Waals surface area contributed by atoms with Gasteiger partial charge >= 0.3 is 0 Å². The van der Waals surface area contributed by atoms with Crippen molar-refractivity contribution in [2.45, 2.75) is 115 Å². The Morgan fingerprint density at radius 1 is 1.12 bits per heavy atom. The van der Waals surface area contributed by atoms with Crippen molar-refractivity contribution in [3.8, 4) is 0 Å². The first-order valence-corrected chi connectivity index (χ1v) is 12.9. The fraction of sp³-hybridized carbons (Fsp3) is 0.889. The van der Waals surface area contributed by atoms with Crippen LogP contribution in [-0.4, -0.2) is 60.8 Å². The summed E-state index contributed by atoms with van der Waals surface area (Å²) in [6, 6.07) is 0. The van der Waals surface area contributed by atoms with Crippen molar-refractivity contribution < 1.29 is 30.3 Å². The average molecular weight is 465 g/mol. The highest BCUT2D eigenvalue weighted by molar-refractivity contribution is 5.95. The van der Waals surface area contributed by atoms with Crippen LogP contribution in [0.1, 0.15) is 86.0 Å². The molecule has 6 heteroatoms. The van der Waals surface area contributed by atoms with Crippen molar-refractivity contribution in [1.82, 2.24) is 0 Å². The molecule has 6 nitrogen and oxygen atoms in total. The van der Waals surface area contributed by atoms with E-state index < -0.39 is 40.3 Å². The number of ketones is 1. The predicted octanol–water partition coefficient (Wildman–Crippen LogP) is 2.74. The quantitative estimate of drug-likeness (QED) is 0.427. The van der Waals surface area contributed by atoms with Gasteiger partial charge in [0.25, 0.3) is 0 Å². The van der Waals surface area contributed by atoms with Gasteiger partial charge in [-0.05, 0) is 100 Å². The number of carbonyl (C=O) groups excluding carboxylic acids is 1. The molecule has 0 radical (unpaired) electrons. The number of fused-ring (bicyclic) bond motifs is 5. The predicted molar refractivity (Wildman–Crippen MR) is 125 cm³/mol. The van der Waals surface area contributed by atoms with Crippen LogP contribution in [0.15, 0.2) is 11.6 Å². The first-order valence-electron chi connectivity index (χ1n) is 12.9. The summed E-state index contributed by atoms with van der Waals surface area (Å²) in [5.41, 5.74) is -2.01. The average Bonchev–Trinajstić information content (AvgIpc) is 2.99. The SMILES string of the molecule is C[C@H]([C@H](O)CCC(C)(C)O)[C@H]1CC[C@@]2(O)C3=CC(=O)C4C[C@@H](O)C(O)C[C@]4(C)[C@H]3CC[C@]12C. The van der Waals surface area contributed by atoms with E-state index in [1.165, 1.54) is 0 Å². The molecule has 3 fully saturated rings. The normalized spacial score (nSPS) is 47.3. The standard InChI is InChI=1S/C27H44O6/c1-15(20(28)8-9-24(2,3)32)16-7-11-27(33)18-12-21(29)19-13-22(30)23(31)14-25(19,4)17(18)6-10-26(16,27)5/h12,15-17,19-20,22-23,28,30-33H,6-11,13-14H2,1-5H3/t15-,16+,17-,19?,20+,22+,23?,25+,26+,27+/m0/s1. The van der Waals surface area contributed by atoms with Gasteiger partial charge in [-0.25, -0.2) is 0 Å². The maximum atomic E-state index is 13.2. The van der Waals surface area contributed by atoms with E-state index in [0.29, 0.717) is 25.7 Å². The number of rotatable bonds is 5. The molecule has 0 amide bonds. The van der Waals surface area contributed by atoms with Crippen molar-refractivity contribution in [3.63, 3.8) is 0 Å². The van der Waals surface area contributed by atoms with Gasteiger partial charge in [0.05, 0.1) is 29.5 Å². The molecule has 0 bridgehead atoms. The molecule has 0 saturated heterocycles. The second-order valence-electron chi connectivity index (χ2n) is 12.9. The molecule has 3 saturated carbocycles. The number of aliphatic hydroxyl groups excluding tert-OH is 3. The van der Waals surface area contributed by atoms with Gasteiger partial charge in [-0.3, -0.25) is 4.79 Å². The van der Waals surface area contributed by atoms with Gasteiger partial charge in [0.2, 0.25) is 0 Å². The maximum absolute atomic E-state index is 13.2. The zero-order chi connectivity index (χ0) is 24.6. The van der Waals surface area contributed by atoms with Crippen molar-refractivity contribution in [2.75, 3.05) is 0 Å². The van der Waals surface area contributed by atoms with Gasteiger partial charge in [-0.1, -0.05) is 20.8 Å². The van der Waals surface area contributed by atoms with E-state index in [0.717, 1.165) is 24.8 Å². The highest BCUT2D eigenvalue weighted by Crippen LogP contribution is 2.68. The van der Waals surface area contributed by atoms with E-state index in [-0.39, 0.29) is 35.9 Å². The van der Waals surface area contributed by atoms with Crippen molar-refractivity contribution in [3.05, 3.63) is 11.6 Å². The zero-order valence-corrected chi connectivity index (χ0v) is 20.9. The summed E-state index contributed by atoms with van der Waals surface area (Å²) in [6.45, 7) is 9.74. The molecule has 4 rings (SSSR count). The fourth-order valence-electron chi connectivity index (χ4n) is 8.29. The first kappa shape index (κ1) is 25.3. The molecule has 0 spiro atoms. The van der Waals surface area contributed by atoms with Crippen LogP contribution >= 0.6 is 0 Å².